The lowest BCUT2D eigenvalue weighted by Gasteiger charge is -2.29. The van der Waals surface area contributed by atoms with Crippen molar-refractivity contribution in [2.24, 2.45) is 0 Å². The van der Waals surface area contributed by atoms with Crippen LogP contribution >= 0.6 is 15.9 Å². The highest BCUT2D eigenvalue weighted by Crippen LogP contribution is 2.38. The lowest BCUT2D eigenvalue weighted by Crippen LogP contribution is -2.28. The van der Waals surface area contributed by atoms with Crippen molar-refractivity contribution < 1.29 is 9.47 Å². The number of fused-ring (bicyclic) bond motifs is 1. The molecule has 1 aliphatic heterocycles. The standard InChI is InChI=1S/C19H19BrO2/c1-13-17(21-12-14-4-7-16(20)8-5-14)9-6-15-10-11-19(2,3)22-18(13)15/h4-11H,12H2,1-3H3. The zero-order valence-electron chi connectivity index (χ0n) is 13.0. The topological polar surface area (TPSA) is 18.5 Å². The fourth-order valence-electron chi connectivity index (χ4n) is 2.45. The minimum atomic E-state index is -0.276. The molecule has 2 aromatic carbocycles. The van der Waals surface area contributed by atoms with Crippen molar-refractivity contribution in [2.45, 2.75) is 33.0 Å². The predicted octanol–water partition coefficient (Wildman–Crippen LogP) is 5.52. The molecule has 22 heavy (non-hydrogen) atoms. The zero-order valence-corrected chi connectivity index (χ0v) is 14.6. The summed E-state index contributed by atoms with van der Waals surface area (Å²) in [5.74, 6) is 1.79. The fourth-order valence-corrected chi connectivity index (χ4v) is 2.71. The van der Waals surface area contributed by atoms with E-state index in [9.17, 15) is 0 Å². The van der Waals surface area contributed by atoms with E-state index in [1.54, 1.807) is 0 Å². The molecule has 0 unspecified atom stereocenters. The largest absolute Gasteiger partial charge is 0.488 e. The highest BCUT2D eigenvalue weighted by atomic mass is 79.9. The first-order chi connectivity index (χ1) is 10.4. The maximum atomic E-state index is 6.09. The van der Waals surface area contributed by atoms with Crippen LogP contribution in [-0.4, -0.2) is 5.60 Å². The van der Waals surface area contributed by atoms with Crippen LogP contribution in [-0.2, 0) is 6.61 Å². The summed E-state index contributed by atoms with van der Waals surface area (Å²) in [5, 5.41) is 0. The van der Waals surface area contributed by atoms with Gasteiger partial charge in [0, 0.05) is 15.6 Å². The normalized spacial score (nSPS) is 15.1. The molecule has 3 heteroatoms. The average Bonchev–Trinajstić information content (AvgIpc) is 2.48. The minimum Gasteiger partial charge on any atom is -0.488 e. The van der Waals surface area contributed by atoms with Crippen LogP contribution in [0.5, 0.6) is 11.5 Å². The summed E-state index contributed by atoms with van der Waals surface area (Å²) in [6.45, 7) is 6.71. The van der Waals surface area contributed by atoms with Crippen LogP contribution in [0.4, 0.5) is 0 Å². The van der Waals surface area contributed by atoms with E-state index in [1.807, 2.05) is 31.2 Å². The maximum absolute atomic E-state index is 6.09. The lowest BCUT2D eigenvalue weighted by molar-refractivity contribution is 0.156. The SMILES string of the molecule is Cc1c(OCc2ccc(Br)cc2)ccc2c1OC(C)(C)C=C2. The number of ether oxygens (including phenoxy) is 2. The summed E-state index contributed by atoms with van der Waals surface area (Å²) in [5.41, 5.74) is 3.02. The van der Waals surface area contributed by atoms with Gasteiger partial charge in [-0.3, -0.25) is 0 Å². The molecule has 2 aromatic rings. The van der Waals surface area contributed by atoms with E-state index in [4.69, 9.17) is 9.47 Å². The van der Waals surface area contributed by atoms with E-state index < -0.39 is 0 Å². The quantitative estimate of drug-likeness (QED) is 0.718. The van der Waals surface area contributed by atoms with Gasteiger partial charge in [-0.05, 0) is 56.7 Å². The molecule has 0 amide bonds. The molecule has 114 valence electrons. The van der Waals surface area contributed by atoms with Crippen molar-refractivity contribution in [1.29, 1.82) is 0 Å². The van der Waals surface area contributed by atoms with Crippen LogP contribution in [0, 0.1) is 6.92 Å². The van der Waals surface area contributed by atoms with E-state index in [-0.39, 0.29) is 5.60 Å². The Balaban J connectivity index is 1.81. The summed E-state index contributed by atoms with van der Waals surface area (Å²) in [6.07, 6.45) is 4.20. The highest BCUT2D eigenvalue weighted by molar-refractivity contribution is 9.10. The smallest absolute Gasteiger partial charge is 0.134 e. The van der Waals surface area contributed by atoms with Crippen LogP contribution in [0.1, 0.15) is 30.5 Å². The first kappa shape index (κ1) is 15.2. The van der Waals surface area contributed by atoms with Crippen LogP contribution < -0.4 is 9.47 Å². The summed E-state index contributed by atoms with van der Waals surface area (Å²) in [4.78, 5) is 0. The summed E-state index contributed by atoms with van der Waals surface area (Å²) < 4.78 is 13.1. The third kappa shape index (κ3) is 3.20. The van der Waals surface area contributed by atoms with Gasteiger partial charge in [0.05, 0.1) is 0 Å². The molecule has 0 saturated carbocycles. The second-order valence-corrected chi connectivity index (χ2v) is 6.98. The van der Waals surface area contributed by atoms with E-state index in [0.717, 1.165) is 32.7 Å². The Bertz CT molecular complexity index is 715. The third-order valence-corrected chi connectivity index (χ3v) is 4.25. The van der Waals surface area contributed by atoms with Gasteiger partial charge in [-0.25, -0.2) is 0 Å². The number of halogens is 1. The highest BCUT2D eigenvalue weighted by Gasteiger charge is 2.24. The molecule has 0 bridgehead atoms. The molecule has 2 nitrogen and oxygen atoms in total. The Morgan fingerprint density at radius 3 is 2.55 bits per heavy atom. The summed E-state index contributed by atoms with van der Waals surface area (Å²) in [7, 11) is 0. The average molecular weight is 359 g/mol. The minimum absolute atomic E-state index is 0.276. The van der Waals surface area contributed by atoms with Gasteiger partial charge in [-0.2, -0.15) is 0 Å². The van der Waals surface area contributed by atoms with E-state index >= 15 is 0 Å². The van der Waals surface area contributed by atoms with Crippen molar-refractivity contribution in [3.63, 3.8) is 0 Å². The molecular formula is C19H19BrO2. The van der Waals surface area contributed by atoms with Gasteiger partial charge >= 0.3 is 0 Å². The molecule has 0 aromatic heterocycles. The van der Waals surface area contributed by atoms with E-state index in [2.05, 4.69) is 54.1 Å². The van der Waals surface area contributed by atoms with Gasteiger partial charge in [0.25, 0.3) is 0 Å². The number of rotatable bonds is 3. The fraction of sp³-hybridized carbons (Fsp3) is 0.263. The maximum Gasteiger partial charge on any atom is 0.134 e. The van der Waals surface area contributed by atoms with Crippen molar-refractivity contribution in [3.05, 3.63) is 63.6 Å². The van der Waals surface area contributed by atoms with Crippen molar-refractivity contribution in [3.8, 4) is 11.5 Å². The Labute approximate surface area is 139 Å². The van der Waals surface area contributed by atoms with Gasteiger partial charge in [-0.1, -0.05) is 34.1 Å². The van der Waals surface area contributed by atoms with Crippen molar-refractivity contribution in [2.75, 3.05) is 0 Å². The molecule has 0 spiro atoms. The van der Waals surface area contributed by atoms with Crippen LogP contribution in [0.3, 0.4) is 0 Å². The molecule has 1 aliphatic rings. The third-order valence-electron chi connectivity index (χ3n) is 3.72. The second-order valence-electron chi connectivity index (χ2n) is 6.06. The van der Waals surface area contributed by atoms with Crippen molar-refractivity contribution in [1.82, 2.24) is 0 Å². The first-order valence-corrected chi connectivity index (χ1v) is 8.13. The number of hydrogen-bond donors (Lipinski definition) is 0. The predicted molar refractivity (Wildman–Crippen MR) is 93.4 cm³/mol. The molecule has 0 atom stereocenters. The second kappa shape index (κ2) is 5.81. The molecule has 3 rings (SSSR count). The molecule has 0 fully saturated rings. The molecule has 1 heterocycles. The summed E-state index contributed by atoms with van der Waals surface area (Å²) >= 11 is 3.44. The number of hydrogen-bond acceptors (Lipinski definition) is 2. The van der Waals surface area contributed by atoms with Crippen LogP contribution in [0.2, 0.25) is 0 Å². The van der Waals surface area contributed by atoms with Gasteiger partial charge in [0.2, 0.25) is 0 Å². The molecule has 0 aliphatic carbocycles. The zero-order chi connectivity index (χ0) is 15.7. The van der Waals surface area contributed by atoms with E-state index in [0.29, 0.717) is 6.61 Å². The Morgan fingerprint density at radius 2 is 1.82 bits per heavy atom. The monoisotopic (exact) mass is 358 g/mol. The van der Waals surface area contributed by atoms with Crippen LogP contribution in [0.15, 0.2) is 46.9 Å². The molecule has 0 radical (unpaired) electrons. The Morgan fingerprint density at radius 1 is 1.09 bits per heavy atom. The van der Waals surface area contributed by atoms with Gasteiger partial charge < -0.3 is 9.47 Å². The molecule has 0 N–H and O–H groups in total. The Kier molecular flexibility index (Phi) is 4.00. The Hall–Kier alpha value is -1.74. The lowest BCUT2D eigenvalue weighted by atomic mass is 10.00. The first-order valence-electron chi connectivity index (χ1n) is 7.34. The van der Waals surface area contributed by atoms with E-state index in [1.165, 1.54) is 0 Å². The summed E-state index contributed by atoms with van der Waals surface area (Å²) in [6, 6.07) is 12.2. The van der Waals surface area contributed by atoms with Gasteiger partial charge in [0.1, 0.15) is 23.7 Å². The molecular weight excluding hydrogens is 340 g/mol. The van der Waals surface area contributed by atoms with Gasteiger partial charge in [0.15, 0.2) is 0 Å². The molecule has 0 saturated heterocycles. The van der Waals surface area contributed by atoms with Gasteiger partial charge in [-0.15, -0.1) is 0 Å². The van der Waals surface area contributed by atoms with Crippen LogP contribution in [0.25, 0.3) is 6.08 Å². The number of benzene rings is 2. The van der Waals surface area contributed by atoms with Crippen molar-refractivity contribution >= 4 is 22.0 Å².